The van der Waals surface area contributed by atoms with E-state index >= 15 is 0 Å². The van der Waals surface area contributed by atoms with Gasteiger partial charge in [0.15, 0.2) is 5.78 Å². The van der Waals surface area contributed by atoms with Crippen LogP contribution in [0.4, 0.5) is 0 Å². The number of allylic oxidation sites excluding steroid dienone is 1. The number of aryl methyl sites for hydroxylation is 1. The average Bonchev–Trinajstić information content (AvgIpc) is 2.03. The Morgan fingerprint density at radius 2 is 2.25 bits per heavy atom. The van der Waals surface area contributed by atoms with Crippen molar-refractivity contribution in [3.8, 4) is 0 Å². The van der Waals surface area contributed by atoms with E-state index in [9.17, 15) is 4.79 Å². The highest BCUT2D eigenvalue weighted by Crippen LogP contribution is 2.17. The molecule has 0 fully saturated rings. The number of ketones is 1. The Morgan fingerprint density at radius 1 is 1.58 bits per heavy atom. The summed E-state index contributed by atoms with van der Waals surface area (Å²) in [4.78, 5) is 11.1. The molecule has 0 bridgehead atoms. The third-order valence-corrected chi connectivity index (χ3v) is 1.89. The van der Waals surface area contributed by atoms with Gasteiger partial charge in [0.05, 0.1) is 5.02 Å². The van der Waals surface area contributed by atoms with E-state index in [0.29, 0.717) is 10.6 Å². The number of carbonyl (C=O) groups is 1. The molecule has 0 saturated carbocycles. The first-order valence-corrected chi connectivity index (χ1v) is 3.96. The minimum absolute atomic E-state index is 0.139. The Balaban J connectivity index is 3.18. The maximum Gasteiger partial charge on any atom is 0.186 e. The quantitative estimate of drug-likeness (QED) is 0.505. The van der Waals surface area contributed by atoms with Gasteiger partial charge in [0.1, 0.15) is 0 Å². The van der Waals surface area contributed by atoms with Crippen molar-refractivity contribution in [1.29, 1.82) is 0 Å². The van der Waals surface area contributed by atoms with Crippen LogP contribution >= 0.6 is 11.6 Å². The first-order chi connectivity index (χ1) is 5.65. The largest absolute Gasteiger partial charge is 0.289 e. The molecule has 1 nitrogen and oxygen atoms in total. The van der Waals surface area contributed by atoms with Gasteiger partial charge in [-0.15, -0.1) is 0 Å². The molecule has 1 aromatic rings. The Hall–Kier alpha value is -1.08. The van der Waals surface area contributed by atoms with E-state index in [2.05, 4.69) is 6.58 Å². The van der Waals surface area contributed by atoms with Gasteiger partial charge in [-0.3, -0.25) is 4.79 Å². The van der Waals surface area contributed by atoms with E-state index in [1.54, 1.807) is 12.1 Å². The van der Waals surface area contributed by atoms with Gasteiger partial charge in [0.2, 0.25) is 0 Å². The molecule has 0 radical (unpaired) electrons. The number of halogens is 1. The molecule has 0 aliphatic carbocycles. The summed E-state index contributed by atoms with van der Waals surface area (Å²) in [5.74, 6) is -0.139. The van der Waals surface area contributed by atoms with E-state index < -0.39 is 0 Å². The molecule has 0 heterocycles. The highest BCUT2D eigenvalue weighted by atomic mass is 35.5. The van der Waals surface area contributed by atoms with Crippen LogP contribution in [0, 0.1) is 6.92 Å². The fourth-order valence-electron chi connectivity index (χ4n) is 0.930. The number of hydrogen-bond acceptors (Lipinski definition) is 1. The van der Waals surface area contributed by atoms with Crippen molar-refractivity contribution in [1.82, 2.24) is 0 Å². The van der Waals surface area contributed by atoms with Gasteiger partial charge in [-0.1, -0.05) is 24.2 Å². The predicted octanol–water partition coefficient (Wildman–Crippen LogP) is 3.02. The van der Waals surface area contributed by atoms with Gasteiger partial charge >= 0.3 is 0 Å². The standard InChI is InChI=1S/C10H9ClO/c1-3-10(12)8-5-4-7(2)6-9(8)11/h3-6H,1H2,2H3. The second-order valence-corrected chi connectivity index (χ2v) is 2.96. The Bertz CT molecular complexity index is 329. The van der Waals surface area contributed by atoms with Crippen molar-refractivity contribution in [2.45, 2.75) is 6.92 Å². The molecule has 0 amide bonds. The Labute approximate surface area is 76.7 Å². The molecule has 0 aromatic heterocycles. The lowest BCUT2D eigenvalue weighted by molar-refractivity contribution is 0.104. The summed E-state index contributed by atoms with van der Waals surface area (Å²) in [5.41, 5.74) is 1.55. The van der Waals surface area contributed by atoms with Crippen molar-refractivity contribution >= 4 is 17.4 Å². The second kappa shape index (κ2) is 3.55. The molecule has 0 saturated heterocycles. The summed E-state index contributed by atoms with van der Waals surface area (Å²) in [5, 5.41) is 0.486. The lowest BCUT2D eigenvalue weighted by Crippen LogP contribution is -1.94. The molecule has 1 aromatic carbocycles. The molecule has 62 valence electrons. The monoisotopic (exact) mass is 180 g/mol. The van der Waals surface area contributed by atoms with Crippen LogP contribution in [0.25, 0.3) is 0 Å². The molecule has 12 heavy (non-hydrogen) atoms. The molecule has 0 unspecified atom stereocenters. The Morgan fingerprint density at radius 3 is 2.75 bits per heavy atom. The summed E-state index contributed by atoms with van der Waals surface area (Å²) in [7, 11) is 0. The lowest BCUT2D eigenvalue weighted by atomic mass is 10.1. The van der Waals surface area contributed by atoms with Gasteiger partial charge in [-0.25, -0.2) is 0 Å². The van der Waals surface area contributed by atoms with Crippen LogP contribution < -0.4 is 0 Å². The van der Waals surface area contributed by atoms with Crippen molar-refractivity contribution < 1.29 is 4.79 Å². The SMILES string of the molecule is C=CC(=O)c1ccc(C)cc1Cl. The molecule has 0 aliphatic rings. The van der Waals surface area contributed by atoms with Gasteiger partial charge in [0.25, 0.3) is 0 Å². The fraction of sp³-hybridized carbons (Fsp3) is 0.100. The number of benzene rings is 1. The van der Waals surface area contributed by atoms with E-state index in [-0.39, 0.29) is 5.78 Å². The van der Waals surface area contributed by atoms with Crippen LogP contribution in [0.2, 0.25) is 5.02 Å². The summed E-state index contributed by atoms with van der Waals surface area (Å²) in [6.45, 7) is 5.32. The van der Waals surface area contributed by atoms with Crippen molar-refractivity contribution in [3.05, 3.63) is 47.0 Å². The third-order valence-electron chi connectivity index (χ3n) is 1.58. The molecular weight excluding hydrogens is 172 g/mol. The van der Waals surface area contributed by atoms with Crippen LogP contribution in [0.1, 0.15) is 15.9 Å². The third kappa shape index (κ3) is 1.74. The summed E-state index contributed by atoms with van der Waals surface area (Å²) in [6, 6.07) is 5.32. The van der Waals surface area contributed by atoms with Crippen LogP contribution in [0.5, 0.6) is 0 Å². The molecular formula is C10H9ClO. The normalized spacial score (nSPS) is 9.50. The van der Waals surface area contributed by atoms with Crippen molar-refractivity contribution in [3.63, 3.8) is 0 Å². The Kier molecular flexibility index (Phi) is 2.66. The lowest BCUT2D eigenvalue weighted by Gasteiger charge is -1.99. The molecule has 0 atom stereocenters. The average molecular weight is 181 g/mol. The zero-order chi connectivity index (χ0) is 9.14. The van der Waals surface area contributed by atoms with Crippen LogP contribution in [-0.4, -0.2) is 5.78 Å². The van der Waals surface area contributed by atoms with E-state index in [1.807, 2.05) is 13.0 Å². The van der Waals surface area contributed by atoms with Crippen LogP contribution in [0.3, 0.4) is 0 Å². The first kappa shape index (κ1) is 9.01. The maximum absolute atomic E-state index is 11.1. The molecule has 0 spiro atoms. The van der Waals surface area contributed by atoms with Gasteiger partial charge in [-0.2, -0.15) is 0 Å². The van der Waals surface area contributed by atoms with Gasteiger partial charge in [0, 0.05) is 5.56 Å². The topological polar surface area (TPSA) is 17.1 Å². The van der Waals surface area contributed by atoms with Gasteiger partial charge < -0.3 is 0 Å². The van der Waals surface area contributed by atoms with E-state index in [4.69, 9.17) is 11.6 Å². The minimum Gasteiger partial charge on any atom is -0.289 e. The molecule has 0 aliphatic heterocycles. The van der Waals surface area contributed by atoms with Crippen LogP contribution in [-0.2, 0) is 0 Å². The zero-order valence-corrected chi connectivity index (χ0v) is 7.56. The maximum atomic E-state index is 11.1. The summed E-state index contributed by atoms with van der Waals surface area (Å²) >= 11 is 5.83. The molecule has 2 heteroatoms. The van der Waals surface area contributed by atoms with Gasteiger partial charge in [-0.05, 0) is 30.7 Å². The van der Waals surface area contributed by atoms with E-state index in [1.165, 1.54) is 6.08 Å². The molecule has 0 N–H and O–H groups in total. The second-order valence-electron chi connectivity index (χ2n) is 2.55. The summed E-state index contributed by atoms with van der Waals surface area (Å²) in [6.07, 6.45) is 1.26. The number of carbonyl (C=O) groups excluding carboxylic acids is 1. The fourth-order valence-corrected chi connectivity index (χ4v) is 1.26. The van der Waals surface area contributed by atoms with Crippen molar-refractivity contribution in [2.75, 3.05) is 0 Å². The number of hydrogen-bond donors (Lipinski definition) is 0. The summed E-state index contributed by atoms with van der Waals surface area (Å²) < 4.78 is 0. The van der Waals surface area contributed by atoms with Crippen LogP contribution in [0.15, 0.2) is 30.9 Å². The smallest absolute Gasteiger partial charge is 0.186 e. The zero-order valence-electron chi connectivity index (χ0n) is 6.80. The highest BCUT2D eigenvalue weighted by molar-refractivity contribution is 6.34. The van der Waals surface area contributed by atoms with Crippen molar-refractivity contribution in [2.24, 2.45) is 0 Å². The first-order valence-electron chi connectivity index (χ1n) is 3.58. The highest BCUT2D eigenvalue weighted by Gasteiger charge is 2.05. The minimum atomic E-state index is -0.139. The molecule has 1 rings (SSSR count). The van der Waals surface area contributed by atoms with E-state index in [0.717, 1.165) is 5.56 Å². The number of rotatable bonds is 2. The predicted molar refractivity (Wildman–Crippen MR) is 50.7 cm³/mol.